The minimum Gasteiger partial charge on any atom is -0.506 e. The van der Waals surface area contributed by atoms with Crippen LogP contribution in [-0.2, 0) is 14.6 Å². The highest BCUT2D eigenvalue weighted by Gasteiger charge is 2.33. The van der Waals surface area contributed by atoms with E-state index in [0.717, 1.165) is 11.6 Å². The average molecular weight is 512 g/mol. The number of anilines is 2. The van der Waals surface area contributed by atoms with Crippen LogP contribution < -0.4 is 10.6 Å². The summed E-state index contributed by atoms with van der Waals surface area (Å²) in [5.74, 6) is -1.86. The lowest BCUT2D eigenvalue weighted by Gasteiger charge is -2.17. The number of phenols is 1. The summed E-state index contributed by atoms with van der Waals surface area (Å²) in [4.78, 5) is 25.6. The molecule has 0 aliphatic carbocycles. The van der Waals surface area contributed by atoms with Crippen LogP contribution in [0.15, 0.2) is 65.6 Å². The highest BCUT2D eigenvalue weighted by Crippen LogP contribution is 2.35. The summed E-state index contributed by atoms with van der Waals surface area (Å²) >= 11 is 6.26. The molecule has 0 aliphatic rings. The summed E-state index contributed by atoms with van der Waals surface area (Å²) in [5, 5.41) is 23.2. The molecule has 0 radical (unpaired) electrons. The first-order valence-corrected chi connectivity index (χ1v) is 12.4. The summed E-state index contributed by atoms with van der Waals surface area (Å²) in [7, 11) is -3.96. The van der Waals surface area contributed by atoms with Crippen molar-refractivity contribution in [2.75, 3.05) is 10.6 Å². The number of aryl methyl sites for hydroxylation is 1. The van der Waals surface area contributed by atoms with Crippen LogP contribution in [0.25, 0.3) is 0 Å². The Balaban J connectivity index is 1.84. The highest BCUT2D eigenvalue weighted by molar-refractivity contribution is 7.92. The van der Waals surface area contributed by atoms with Gasteiger partial charge in [0, 0.05) is 6.07 Å². The molecule has 0 saturated carbocycles. The maximum atomic E-state index is 12.9. The Labute approximate surface area is 208 Å². The van der Waals surface area contributed by atoms with Gasteiger partial charge in [0.05, 0.1) is 38.5 Å². The van der Waals surface area contributed by atoms with Crippen LogP contribution in [0, 0.1) is 18.3 Å². The zero-order valence-electron chi connectivity index (χ0n) is 18.9. The predicted octanol–water partition coefficient (Wildman–Crippen LogP) is 4.67. The van der Waals surface area contributed by atoms with E-state index in [1.807, 2.05) is 6.07 Å². The first kappa shape index (κ1) is 25.7. The molecule has 10 heteroatoms. The number of carbonyl (C=O) groups is 2. The van der Waals surface area contributed by atoms with Crippen LogP contribution >= 0.6 is 11.6 Å². The molecule has 35 heavy (non-hydrogen) atoms. The lowest BCUT2D eigenvalue weighted by atomic mass is 10.0. The number of phenolic OH excluding ortho intramolecular Hbond substituents is 1. The second-order valence-electron chi connectivity index (χ2n) is 7.71. The van der Waals surface area contributed by atoms with Crippen molar-refractivity contribution in [2.45, 2.75) is 30.4 Å². The van der Waals surface area contributed by atoms with E-state index in [1.165, 1.54) is 24.3 Å². The fraction of sp³-hybridized carbons (Fsp3) is 0.160. The van der Waals surface area contributed by atoms with Gasteiger partial charge in [-0.05, 0) is 43.7 Å². The van der Waals surface area contributed by atoms with Crippen molar-refractivity contribution in [3.63, 3.8) is 0 Å². The number of nitriles is 1. The van der Waals surface area contributed by atoms with E-state index in [0.29, 0.717) is 0 Å². The summed E-state index contributed by atoms with van der Waals surface area (Å²) in [6, 6.07) is 16.6. The maximum Gasteiger partial charge on any atom is 0.257 e. The van der Waals surface area contributed by atoms with Crippen LogP contribution in [0.1, 0.15) is 34.8 Å². The molecule has 8 nitrogen and oxygen atoms in total. The van der Waals surface area contributed by atoms with Crippen LogP contribution in [0.4, 0.5) is 11.4 Å². The highest BCUT2D eigenvalue weighted by atomic mass is 35.5. The Kier molecular flexibility index (Phi) is 7.79. The van der Waals surface area contributed by atoms with Crippen LogP contribution in [0.3, 0.4) is 0 Å². The smallest absolute Gasteiger partial charge is 0.257 e. The molecule has 0 saturated heterocycles. The Hall–Kier alpha value is -3.87. The summed E-state index contributed by atoms with van der Waals surface area (Å²) in [5.41, 5.74) is 0.977. The molecule has 3 N–H and O–H groups in total. The average Bonchev–Trinajstić information content (AvgIpc) is 2.83. The molecule has 0 heterocycles. The molecule has 3 rings (SSSR count). The van der Waals surface area contributed by atoms with Crippen LogP contribution in [-0.4, -0.2) is 30.6 Å². The molecular formula is C25H22ClN3O5S. The summed E-state index contributed by atoms with van der Waals surface area (Å²) in [6.45, 7) is 3.34. The molecule has 3 aromatic rings. The van der Waals surface area contributed by atoms with E-state index in [4.69, 9.17) is 11.6 Å². The SMILES string of the molecule is CCC(C(=O)Nc1cc(O)c(NC(=O)c2cc(C)ccc2C#N)cc1Cl)S(=O)(=O)c1ccccc1. The van der Waals surface area contributed by atoms with Gasteiger partial charge in [-0.25, -0.2) is 8.42 Å². The number of amides is 2. The number of hydrogen-bond donors (Lipinski definition) is 3. The standard InChI is InChI=1S/C25H22ClN3O5S/c1-3-23(35(33,34)17-7-5-4-6-8-17)25(32)28-20-13-22(30)21(12-19(20)26)29-24(31)18-11-15(2)9-10-16(18)14-27/h4-13,23,30H,3H2,1-2H3,(H,28,32)(H,29,31). The second kappa shape index (κ2) is 10.6. The normalized spacial score (nSPS) is 11.8. The number of aromatic hydroxyl groups is 1. The molecule has 0 aromatic heterocycles. The number of benzene rings is 3. The van der Waals surface area contributed by atoms with Crippen LogP contribution in [0.5, 0.6) is 5.75 Å². The van der Waals surface area contributed by atoms with Crippen molar-refractivity contribution in [2.24, 2.45) is 0 Å². The van der Waals surface area contributed by atoms with Gasteiger partial charge >= 0.3 is 0 Å². The second-order valence-corrected chi connectivity index (χ2v) is 10.2. The third-order valence-corrected chi connectivity index (χ3v) is 7.78. The van der Waals surface area contributed by atoms with E-state index >= 15 is 0 Å². The summed E-state index contributed by atoms with van der Waals surface area (Å²) < 4.78 is 25.8. The minimum atomic E-state index is -3.96. The van der Waals surface area contributed by atoms with E-state index in [-0.39, 0.29) is 38.8 Å². The van der Waals surface area contributed by atoms with Gasteiger partial charge in [0.2, 0.25) is 5.91 Å². The van der Waals surface area contributed by atoms with Crippen molar-refractivity contribution in [1.82, 2.24) is 0 Å². The number of sulfone groups is 1. The van der Waals surface area contributed by atoms with Crippen molar-refractivity contribution in [3.05, 3.63) is 82.4 Å². The predicted molar refractivity (Wildman–Crippen MR) is 133 cm³/mol. The lowest BCUT2D eigenvalue weighted by molar-refractivity contribution is -0.115. The van der Waals surface area contributed by atoms with Crippen molar-refractivity contribution in [1.29, 1.82) is 5.26 Å². The molecule has 2 amide bonds. The number of nitrogens with zero attached hydrogens (tertiary/aromatic N) is 1. The molecule has 0 spiro atoms. The van der Waals surface area contributed by atoms with E-state index in [9.17, 15) is 28.4 Å². The monoisotopic (exact) mass is 511 g/mol. The molecule has 0 aliphatic heterocycles. The number of carbonyl (C=O) groups excluding carboxylic acids is 2. The van der Waals surface area contributed by atoms with Gasteiger partial charge in [0.25, 0.3) is 5.91 Å². The van der Waals surface area contributed by atoms with Gasteiger partial charge in [-0.1, -0.05) is 48.4 Å². The molecule has 0 fully saturated rings. The topological polar surface area (TPSA) is 136 Å². The molecule has 180 valence electrons. The third kappa shape index (κ3) is 5.62. The molecule has 0 bridgehead atoms. The number of halogens is 1. The van der Waals surface area contributed by atoms with Crippen molar-refractivity contribution < 1.29 is 23.1 Å². The lowest BCUT2D eigenvalue weighted by Crippen LogP contribution is -2.34. The maximum absolute atomic E-state index is 12.9. The van der Waals surface area contributed by atoms with Gasteiger partial charge in [0.1, 0.15) is 11.0 Å². The molecule has 1 atom stereocenters. The first-order chi connectivity index (χ1) is 16.6. The van der Waals surface area contributed by atoms with Gasteiger partial charge in [-0.2, -0.15) is 5.26 Å². The fourth-order valence-electron chi connectivity index (χ4n) is 3.42. The quantitative estimate of drug-likeness (QED) is 0.394. The van der Waals surface area contributed by atoms with E-state index < -0.39 is 32.7 Å². The van der Waals surface area contributed by atoms with E-state index in [2.05, 4.69) is 10.6 Å². The Morgan fingerprint density at radius 1 is 1.06 bits per heavy atom. The summed E-state index contributed by atoms with van der Waals surface area (Å²) in [6.07, 6.45) is 0.0124. The third-order valence-electron chi connectivity index (χ3n) is 5.24. The van der Waals surface area contributed by atoms with Crippen molar-refractivity contribution in [3.8, 4) is 11.8 Å². The van der Waals surface area contributed by atoms with Gasteiger partial charge < -0.3 is 15.7 Å². The largest absolute Gasteiger partial charge is 0.506 e. The fourth-order valence-corrected chi connectivity index (χ4v) is 5.28. The number of rotatable bonds is 7. The zero-order valence-corrected chi connectivity index (χ0v) is 20.4. The Morgan fingerprint density at radius 3 is 2.37 bits per heavy atom. The zero-order chi connectivity index (χ0) is 25.8. The Bertz CT molecular complexity index is 1430. The van der Waals surface area contributed by atoms with Gasteiger partial charge in [-0.15, -0.1) is 0 Å². The van der Waals surface area contributed by atoms with E-state index in [1.54, 1.807) is 44.2 Å². The van der Waals surface area contributed by atoms with Gasteiger partial charge in [-0.3, -0.25) is 9.59 Å². The Morgan fingerprint density at radius 2 is 1.74 bits per heavy atom. The van der Waals surface area contributed by atoms with Gasteiger partial charge in [0.15, 0.2) is 9.84 Å². The van der Waals surface area contributed by atoms with Crippen LogP contribution in [0.2, 0.25) is 5.02 Å². The number of nitrogens with one attached hydrogen (secondary N) is 2. The minimum absolute atomic E-state index is 0.0124. The van der Waals surface area contributed by atoms with Crippen molar-refractivity contribution >= 4 is 44.6 Å². The number of hydrogen-bond acceptors (Lipinski definition) is 6. The first-order valence-electron chi connectivity index (χ1n) is 10.5. The molecular weight excluding hydrogens is 490 g/mol. The molecule has 3 aromatic carbocycles. The molecule has 1 unspecified atom stereocenters.